The van der Waals surface area contributed by atoms with Gasteiger partial charge in [-0.2, -0.15) is 0 Å². The summed E-state index contributed by atoms with van der Waals surface area (Å²) in [6.07, 6.45) is 2.93. The minimum atomic E-state index is -0.443. The number of hydrogen-bond donors (Lipinski definition) is 0. The lowest BCUT2D eigenvalue weighted by atomic mass is 9.75. The molecule has 0 aromatic carbocycles. The average Bonchev–Trinajstić information content (AvgIpc) is 2.51. The Morgan fingerprint density at radius 3 is 2.37 bits per heavy atom. The van der Waals surface area contributed by atoms with Crippen LogP contribution in [0.5, 0.6) is 0 Å². The van der Waals surface area contributed by atoms with Crippen molar-refractivity contribution >= 4 is 18.9 Å². The van der Waals surface area contributed by atoms with Crippen molar-refractivity contribution in [3.8, 4) is 0 Å². The molecule has 0 spiro atoms. The standard InChI is InChI=1S/C14H20BNO3/c1-10-8-12(11(6-7-17)9-16-10)15-18-13(2,3)14(4,5)19-15/h7-9H,6H2,1-5H3. The predicted octanol–water partition coefficient (Wildman–Crippen LogP) is 1.43. The molecule has 1 aliphatic rings. The molecule has 0 unspecified atom stereocenters. The molecule has 0 atom stereocenters. The molecule has 0 N–H and O–H groups in total. The van der Waals surface area contributed by atoms with Gasteiger partial charge < -0.3 is 14.1 Å². The molecule has 19 heavy (non-hydrogen) atoms. The van der Waals surface area contributed by atoms with Gasteiger partial charge in [-0.05, 0) is 51.7 Å². The van der Waals surface area contributed by atoms with E-state index in [-0.39, 0.29) is 11.2 Å². The van der Waals surface area contributed by atoms with E-state index in [1.807, 2.05) is 40.7 Å². The van der Waals surface area contributed by atoms with Crippen molar-refractivity contribution in [3.05, 3.63) is 23.5 Å². The number of aryl methyl sites for hydroxylation is 1. The quantitative estimate of drug-likeness (QED) is 0.610. The van der Waals surface area contributed by atoms with Crippen LogP contribution in [-0.2, 0) is 20.5 Å². The number of rotatable bonds is 3. The second-order valence-electron chi connectivity index (χ2n) is 5.98. The van der Waals surface area contributed by atoms with Crippen LogP contribution in [-0.4, -0.2) is 29.6 Å². The van der Waals surface area contributed by atoms with Gasteiger partial charge in [0.05, 0.1) is 11.2 Å². The van der Waals surface area contributed by atoms with E-state index in [0.29, 0.717) is 6.42 Å². The maximum atomic E-state index is 10.8. The summed E-state index contributed by atoms with van der Waals surface area (Å²) in [5, 5.41) is 0. The SMILES string of the molecule is Cc1cc(B2OC(C)(C)C(C)(C)O2)c(CC=O)cn1. The molecule has 1 saturated heterocycles. The summed E-state index contributed by atoms with van der Waals surface area (Å²) in [4.78, 5) is 15.0. The van der Waals surface area contributed by atoms with Crippen LogP contribution in [0.15, 0.2) is 12.3 Å². The highest BCUT2D eigenvalue weighted by atomic mass is 16.7. The molecule has 0 saturated carbocycles. The van der Waals surface area contributed by atoms with Gasteiger partial charge in [0.25, 0.3) is 0 Å². The summed E-state index contributed by atoms with van der Waals surface area (Å²) in [6, 6.07) is 1.93. The van der Waals surface area contributed by atoms with Crippen molar-refractivity contribution in [1.29, 1.82) is 0 Å². The van der Waals surface area contributed by atoms with Crippen LogP contribution in [0.25, 0.3) is 0 Å². The van der Waals surface area contributed by atoms with Gasteiger partial charge in [0.2, 0.25) is 0 Å². The maximum absolute atomic E-state index is 10.8. The van der Waals surface area contributed by atoms with Crippen LogP contribution < -0.4 is 5.46 Å². The normalized spacial score (nSPS) is 20.6. The van der Waals surface area contributed by atoms with Crippen LogP contribution in [0.4, 0.5) is 0 Å². The highest BCUT2D eigenvalue weighted by molar-refractivity contribution is 6.62. The third-order valence-corrected chi connectivity index (χ3v) is 3.97. The second kappa shape index (κ2) is 4.73. The van der Waals surface area contributed by atoms with Gasteiger partial charge in [-0.1, -0.05) is 0 Å². The zero-order chi connectivity index (χ0) is 14.3. The van der Waals surface area contributed by atoms with Gasteiger partial charge >= 0.3 is 7.12 Å². The number of aromatic nitrogens is 1. The van der Waals surface area contributed by atoms with Gasteiger partial charge in [-0.25, -0.2) is 0 Å². The Morgan fingerprint density at radius 2 is 1.84 bits per heavy atom. The summed E-state index contributed by atoms with van der Waals surface area (Å²) in [5.41, 5.74) is 1.89. The molecule has 5 heteroatoms. The Bertz CT molecular complexity index is 483. The van der Waals surface area contributed by atoms with E-state index >= 15 is 0 Å². The fourth-order valence-electron chi connectivity index (χ4n) is 2.06. The topological polar surface area (TPSA) is 48.4 Å². The molecule has 102 valence electrons. The number of aldehydes is 1. The van der Waals surface area contributed by atoms with Crippen molar-refractivity contribution in [2.24, 2.45) is 0 Å². The van der Waals surface area contributed by atoms with Crippen LogP contribution >= 0.6 is 0 Å². The third-order valence-electron chi connectivity index (χ3n) is 3.97. The molecule has 0 bridgehead atoms. The van der Waals surface area contributed by atoms with Gasteiger partial charge in [0, 0.05) is 18.3 Å². The maximum Gasteiger partial charge on any atom is 0.495 e. The van der Waals surface area contributed by atoms with Gasteiger partial charge in [-0.15, -0.1) is 0 Å². The van der Waals surface area contributed by atoms with E-state index in [9.17, 15) is 4.79 Å². The number of carbonyl (C=O) groups is 1. The molecule has 2 rings (SSSR count). The summed E-state index contributed by atoms with van der Waals surface area (Å²) < 4.78 is 12.1. The van der Waals surface area contributed by atoms with Crippen LogP contribution in [0.1, 0.15) is 39.0 Å². The summed E-state index contributed by atoms with van der Waals surface area (Å²) in [5.74, 6) is 0. The molecule has 2 heterocycles. The molecule has 4 nitrogen and oxygen atoms in total. The average molecular weight is 261 g/mol. The number of nitrogens with zero attached hydrogens (tertiary/aromatic N) is 1. The van der Waals surface area contributed by atoms with E-state index in [1.165, 1.54) is 0 Å². The monoisotopic (exact) mass is 261 g/mol. The summed E-state index contributed by atoms with van der Waals surface area (Å²) in [7, 11) is -0.443. The molecule has 0 aliphatic carbocycles. The lowest BCUT2D eigenvalue weighted by molar-refractivity contribution is -0.107. The highest BCUT2D eigenvalue weighted by Crippen LogP contribution is 2.36. The zero-order valence-electron chi connectivity index (χ0n) is 12.2. The van der Waals surface area contributed by atoms with E-state index in [0.717, 1.165) is 23.0 Å². The first kappa shape index (κ1) is 14.2. The highest BCUT2D eigenvalue weighted by Gasteiger charge is 2.52. The second-order valence-corrected chi connectivity index (χ2v) is 5.98. The molecule has 1 fully saturated rings. The zero-order valence-corrected chi connectivity index (χ0v) is 12.2. The first-order chi connectivity index (χ1) is 8.77. The Kier molecular flexibility index (Phi) is 3.54. The lowest BCUT2D eigenvalue weighted by Gasteiger charge is -2.32. The fraction of sp³-hybridized carbons (Fsp3) is 0.571. The molecule has 1 aromatic heterocycles. The largest absolute Gasteiger partial charge is 0.495 e. The Labute approximate surface area is 114 Å². The predicted molar refractivity (Wildman–Crippen MR) is 74.5 cm³/mol. The van der Waals surface area contributed by atoms with E-state index in [1.54, 1.807) is 6.20 Å². The molecule has 0 radical (unpaired) electrons. The molecule has 1 aliphatic heterocycles. The fourth-order valence-corrected chi connectivity index (χ4v) is 2.06. The van der Waals surface area contributed by atoms with Crippen molar-refractivity contribution in [2.75, 3.05) is 0 Å². The van der Waals surface area contributed by atoms with Crippen molar-refractivity contribution in [3.63, 3.8) is 0 Å². The van der Waals surface area contributed by atoms with Gasteiger partial charge in [0.15, 0.2) is 0 Å². The van der Waals surface area contributed by atoms with E-state index < -0.39 is 7.12 Å². The molecule has 1 aromatic rings. The van der Waals surface area contributed by atoms with Crippen LogP contribution in [0, 0.1) is 6.92 Å². The van der Waals surface area contributed by atoms with Crippen molar-refractivity contribution in [2.45, 2.75) is 52.2 Å². The number of pyridine rings is 1. The smallest absolute Gasteiger partial charge is 0.399 e. The van der Waals surface area contributed by atoms with Crippen LogP contribution in [0.2, 0.25) is 0 Å². The third kappa shape index (κ3) is 2.58. The minimum absolute atomic E-state index is 0.326. The lowest BCUT2D eigenvalue weighted by Crippen LogP contribution is -2.41. The van der Waals surface area contributed by atoms with Gasteiger partial charge in [-0.3, -0.25) is 4.98 Å². The minimum Gasteiger partial charge on any atom is -0.399 e. The van der Waals surface area contributed by atoms with Crippen LogP contribution in [0.3, 0.4) is 0 Å². The number of hydrogen-bond acceptors (Lipinski definition) is 4. The summed E-state index contributed by atoms with van der Waals surface area (Å²) in [6.45, 7) is 9.97. The molecular weight excluding hydrogens is 241 g/mol. The molecule has 0 amide bonds. The first-order valence-electron chi connectivity index (χ1n) is 6.51. The van der Waals surface area contributed by atoms with Crippen molar-refractivity contribution < 1.29 is 14.1 Å². The summed E-state index contributed by atoms with van der Waals surface area (Å²) >= 11 is 0. The first-order valence-corrected chi connectivity index (χ1v) is 6.51. The van der Waals surface area contributed by atoms with E-state index in [4.69, 9.17) is 9.31 Å². The van der Waals surface area contributed by atoms with Gasteiger partial charge in [0.1, 0.15) is 6.29 Å². The van der Waals surface area contributed by atoms with E-state index in [2.05, 4.69) is 4.98 Å². The molecular formula is C14H20BNO3. The Balaban J connectivity index is 2.38. The number of carbonyl (C=O) groups excluding carboxylic acids is 1. The Morgan fingerprint density at radius 1 is 1.26 bits per heavy atom. The Hall–Kier alpha value is -1.20. The van der Waals surface area contributed by atoms with Crippen molar-refractivity contribution in [1.82, 2.24) is 4.98 Å².